The van der Waals surface area contributed by atoms with Crippen molar-refractivity contribution in [1.82, 2.24) is 9.80 Å². The molecule has 3 amide bonds. The number of imide groups is 1. The second-order valence-electron chi connectivity index (χ2n) is 9.30. The standard InChI is InChI=1S/C28H36N2O5/c1-6-9-22-15-20(3)16-23(10-7-2)30(22)26(32)19-28(21-11-8-12-24(17-21)35-5)18-25(31)29(27(28)33)13-14-34-4/h6-8,11-12,15,17,22-23H,1-2,9-10,13-14,16,18-19H2,3-5H3/t22-,23-,28?/m0/s1. The molecular weight excluding hydrogens is 444 g/mol. The molecule has 1 unspecified atom stereocenters. The van der Waals surface area contributed by atoms with E-state index in [4.69, 9.17) is 9.47 Å². The first-order valence-corrected chi connectivity index (χ1v) is 12.0. The number of carbonyl (C=O) groups is 3. The van der Waals surface area contributed by atoms with Crippen LogP contribution >= 0.6 is 0 Å². The fourth-order valence-corrected chi connectivity index (χ4v) is 5.29. The summed E-state index contributed by atoms with van der Waals surface area (Å²) >= 11 is 0. The first-order chi connectivity index (χ1) is 16.8. The van der Waals surface area contributed by atoms with Gasteiger partial charge in [-0.25, -0.2) is 0 Å². The number of hydrogen-bond donors (Lipinski definition) is 0. The minimum absolute atomic E-state index is 0.0610. The molecule has 0 aromatic heterocycles. The van der Waals surface area contributed by atoms with Gasteiger partial charge in [-0.1, -0.05) is 35.9 Å². The zero-order valence-electron chi connectivity index (χ0n) is 21.0. The van der Waals surface area contributed by atoms with Crippen LogP contribution in [0.5, 0.6) is 5.75 Å². The van der Waals surface area contributed by atoms with E-state index in [1.54, 1.807) is 37.5 Å². The molecule has 1 aromatic rings. The predicted molar refractivity (Wildman–Crippen MR) is 135 cm³/mol. The molecule has 2 aliphatic rings. The van der Waals surface area contributed by atoms with Crippen LogP contribution in [-0.2, 0) is 24.5 Å². The largest absolute Gasteiger partial charge is 0.497 e. The quantitative estimate of drug-likeness (QED) is 0.356. The van der Waals surface area contributed by atoms with Crippen molar-refractivity contribution in [2.45, 2.75) is 56.5 Å². The van der Waals surface area contributed by atoms with Gasteiger partial charge in [0.2, 0.25) is 17.7 Å². The van der Waals surface area contributed by atoms with E-state index in [0.29, 0.717) is 24.2 Å². The monoisotopic (exact) mass is 480 g/mol. The first kappa shape index (κ1) is 26.4. The van der Waals surface area contributed by atoms with Crippen LogP contribution in [-0.4, -0.2) is 67.0 Å². The number of hydrogen-bond acceptors (Lipinski definition) is 5. The number of rotatable bonds is 11. The normalized spacial score (nSPS) is 24.4. The summed E-state index contributed by atoms with van der Waals surface area (Å²) in [6.45, 7) is 10.2. The van der Waals surface area contributed by atoms with E-state index in [9.17, 15) is 14.4 Å². The van der Waals surface area contributed by atoms with Crippen molar-refractivity contribution in [3.05, 3.63) is 66.8 Å². The highest BCUT2D eigenvalue weighted by Crippen LogP contribution is 2.42. The molecule has 7 heteroatoms. The Balaban J connectivity index is 2.05. The molecule has 35 heavy (non-hydrogen) atoms. The third kappa shape index (κ3) is 5.40. The molecule has 1 saturated heterocycles. The molecular formula is C28H36N2O5. The Morgan fingerprint density at radius 1 is 1.20 bits per heavy atom. The molecule has 0 aliphatic carbocycles. The highest BCUT2D eigenvalue weighted by atomic mass is 16.5. The van der Waals surface area contributed by atoms with Crippen LogP contribution in [0.25, 0.3) is 0 Å². The molecule has 0 N–H and O–H groups in total. The molecule has 7 nitrogen and oxygen atoms in total. The van der Waals surface area contributed by atoms with Crippen molar-refractivity contribution in [3.8, 4) is 5.75 Å². The van der Waals surface area contributed by atoms with Gasteiger partial charge >= 0.3 is 0 Å². The molecule has 0 saturated carbocycles. The minimum Gasteiger partial charge on any atom is -0.497 e. The van der Waals surface area contributed by atoms with Gasteiger partial charge in [0.15, 0.2) is 0 Å². The smallest absolute Gasteiger partial charge is 0.240 e. The summed E-state index contributed by atoms with van der Waals surface area (Å²) < 4.78 is 10.5. The molecule has 1 aromatic carbocycles. The van der Waals surface area contributed by atoms with Crippen LogP contribution in [0.15, 0.2) is 61.2 Å². The second kappa shape index (κ2) is 11.5. The van der Waals surface area contributed by atoms with Crippen molar-refractivity contribution in [1.29, 1.82) is 0 Å². The highest BCUT2D eigenvalue weighted by Gasteiger charge is 2.54. The number of nitrogens with zero attached hydrogens (tertiary/aromatic N) is 2. The molecule has 0 bridgehead atoms. The summed E-state index contributed by atoms with van der Waals surface area (Å²) in [5.41, 5.74) is 0.519. The van der Waals surface area contributed by atoms with Crippen LogP contribution in [0.4, 0.5) is 0 Å². The van der Waals surface area contributed by atoms with E-state index < -0.39 is 5.41 Å². The molecule has 0 spiro atoms. The Bertz CT molecular complexity index is 1020. The van der Waals surface area contributed by atoms with Crippen LogP contribution in [0.1, 0.15) is 44.6 Å². The van der Waals surface area contributed by atoms with E-state index in [2.05, 4.69) is 26.2 Å². The molecule has 2 heterocycles. The summed E-state index contributed by atoms with van der Waals surface area (Å²) in [4.78, 5) is 44.0. The van der Waals surface area contributed by atoms with Crippen LogP contribution in [0.2, 0.25) is 0 Å². The molecule has 3 rings (SSSR count). The Hall–Kier alpha value is -3.19. The summed E-state index contributed by atoms with van der Waals surface area (Å²) in [5.74, 6) is -0.270. The second-order valence-corrected chi connectivity index (χ2v) is 9.30. The molecule has 2 aliphatic heterocycles. The molecule has 188 valence electrons. The number of amides is 3. The number of benzene rings is 1. The van der Waals surface area contributed by atoms with Gasteiger partial charge in [0.05, 0.1) is 31.7 Å². The third-order valence-corrected chi connectivity index (χ3v) is 6.92. The van der Waals surface area contributed by atoms with E-state index in [-0.39, 0.29) is 55.8 Å². The summed E-state index contributed by atoms with van der Waals surface area (Å²) in [7, 11) is 3.07. The lowest BCUT2D eigenvalue weighted by atomic mass is 9.75. The van der Waals surface area contributed by atoms with Gasteiger partial charge in [-0.2, -0.15) is 0 Å². The highest BCUT2D eigenvalue weighted by molar-refractivity contribution is 6.10. The molecule has 1 fully saturated rings. The maximum Gasteiger partial charge on any atom is 0.240 e. The Morgan fingerprint density at radius 3 is 2.60 bits per heavy atom. The Kier molecular flexibility index (Phi) is 8.67. The van der Waals surface area contributed by atoms with Gasteiger partial charge < -0.3 is 14.4 Å². The molecule has 3 atom stereocenters. The number of methoxy groups -OCH3 is 2. The fourth-order valence-electron chi connectivity index (χ4n) is 5.29. The van der Waals surface area contributed by atoms with E-state index in [1.165, 1.54) is 17.6 Å². The Labute approximate surface area is 208 Å². The molecule has 0 radical (unpaired) electrons. The zero-order chi connectivity index (χ0) is 25.6. The van der Waals surface area contributed by atoms with Gasteiger partial charge in [0.25, 0.3) is 0 Å². The van der Waals surface area contributed by atoms with Crippen molar-refractivity contribution >= 4 is 17.7 Å². The Morgan fingerprint density at radius 2 is 1.94 bits per heavy atom. The van der Waals surface area contributed by atoms with Crippen LogP contribution in [0, 0.1) is 0 Å². The summed E-state index contributed by atoms with van der Waals surface area (Å²) in [5, 5.41) is 0. The van der Waals surface area contributed by atoms with Gasteiger partial charge in [-0.3, -0.25) is 19.3 Å². The van der Waals surface area contributed by atoms with Gasteiger partial charge in [0, 0.05) is 26.0 Å². The van der Waals surface area contributed by atoms with Gasteiger partial charge in [-0.15, -0.1) is 13.2 Å². The zero-order valence-corrected chi connectivity index (χ0v) is 21.0. The van der Waals surface area contributed by atoms with Crippen molar-refractivity contribution in [2.75, 3.05) is 27.4 Å². The van der Waals surface area contributed by atoms with Crippen molar-refractivity contribution in [2.24, 2.45) is 0 Å². The maximum atomic E-state index is 14.0. The average Bonchev–Trinajstić information content (AvgIpc) is 3.07. The van der Waals surface area contributed by atoms with Crippen molar-refractivity contribution in [3.63, 3.8) is 0 Å². The topological polar surface area (TPSA) is 76.2 Å². The minimum atomic E-state index is -1.30. The SMILES string of the molecule is C=CC[C@H]1CC(C)=C[C@H](CC=C)N1C(=O)CC1(c2cccc(OC)c2)CC(=O)N(CCOC)C1=O. The lowest BCUT2D eigenvalue weighted by molar-refractivity contribution is -0.144. The van der Waals surface area contributed by atoms with E-state index >= 15 is 0 Å². The van der Waals surface area contributed by atoms with E-state index in [1.807, 2.05) is 11.0 Å². The summed E-state index contributed by atoms with van der Waals surface area (Å²) in [6.07, 6.45) is 7.54. The van der Waals surface area contributed by atoms with E-state index in [0.717, 1.165) is 6.42 Å². The maximum absolute atomic E-state index is 14.0. The average molecular weight is 481 g/mol. The van der Waals surface area contributed by atoms with Crippen molar-refractivity contribution < 1.29 is 23.9 Å². The predicted octanol–water partition coefficient (Wildman–Crippen LogP) is 3.80. The summed E-state index contributed by atoms with van der Waals surface area (Å²) in [6, 6.07) is 6.89. The van der Waals surface area contributed by atoms with Crippen LogP contribution in [0.3, 0.4) is 0 Å². The lowest BCUT2D eigenvalue weighted by Gasteiger charge is -2.42. The number of carbonyl (C=O) groups excluding carboxylic acids is 3. The van der Waals surface area contributed by atoms with Gasteiger partial charge in [0.1, 0.15) is 5.75 Å². The number of likely N-dealkylation sites (tertiary alicyclic amines) is 1. The van der Waals surface area contributed by atoms with Gasteiger partial charge in [-0.05, 0) is 43.9 Å². The fraction of sp³-hybridized carbons (Fsp3) is 0.464. The lowest BCUT2D eigenvalue weighted by Crippen LogP contribution is -2.51. The van der Waals surface area contributed by atoms with Crippen LogP contribution < -0.4 is 4.74 Å². The third-order valence-electron chi connectivity index (χ3n) is 6.92. The first-order valence-electron chi connectivity index (χ1n) is 12.0. The number of ether oxygens (including phenoxy) is 2.